The van der Waals surface area contributed by atoms with Crippen molar-refractivity contribution in [3.8, 4) is 5.75 Å². The molecular weight excluding hydrogens is 390 g/mol. The summed E-state index contributed by atoms with van der Waals surface area (Å²) >= 11 is 0. The van der Waals surface area contributed by atoms with Crippen molar-refractivity contribution in [1.82, 2.24) is 0 Å². The normalized spacial score (nSPS) is 11.6. The van der Waals surface area contributed by atoms with Crippen LogP contribution >= 0.6 is 0 Å². The molecule has 0 bridgehead atoms. The number of anilines is 1. The molecular formula is C26H25NO4. The van der Waals surface area contributed by atoms with Crippen molar-refractivity contribution in [1.29, 1.82) is 0 Å². The van der Waals surface area contributed by atoms with E-state index in [-0.39, 0.29) is 23.4 Å². The summed E-state index contributed by atoms with van der Waals surface area (Å²) in [5, 5.41) is 3.83. The smallest absolute Gasteiger partial charge is 0.262 e. The molecule has 0 spiro atoms. The fraction of sp³-hybridized carbons (Fsp3) is 0.231. The largest absolute Gasteiger partial charge is 0.484 e. The molecule has 1 amide bonds. The summed E-state index contributed by atoms with van der Waals surface area (Å²) in [4.78, 5) is 25.1. The van der Waals surface area contributed by atoms with Gasteiger partial charge in [0.15, 0.2) is 6.61 Å². The van der Waals surface area contributed by atoms with Crippen LogP contribution < -0.4 is 15.5 Å². The number of benzene rings is 3. The number of ether oxygens (including phenoxy) is 1. The van der Waals surface area contributed by atoms with E-state index in [0.717, 1.165) is 5.56 Å². The monoisotopic (exact) mass is 415 g/mol. The van der Waals surface area contributed by atoms with E-state index in [9.17, 15) is 9.59 Å². The second-order valence-corrected chi connectivity index (χ2v) is 8.70. The standard InChI is InChI=1S/C26H25NO4/c1-16-6-5-7-21-24(29)20-13-10-18(14-22(20)31-25(16)21)27-23(28)15-30-19-11-8-17(9-12-19)26(2,3)4/h5-14H,15H2,1-4H3,(H,27,28). The van der Waals surface area contributed by atoms with E-state index >= 15 is 0 Å². The molecule has 0 atom stereocenters. The van der Waals surface area contributed by atoms with Gasteiger partial charge in [0.1, 0.15) is 16.9 Å². The first-order valence-corrected chi connectivity index (χ1v) is 10.2. The molecule has 5 heteroatoms. The molecule has 3 aromatic carbocycles. The number of para-hydroxylation sites is 1. The summed E-state index contributed by atoms with van der Waals surface area (Å²) in [7, 11) is 0. The van der Waals surface area contributed by atoms with E-state index in [1.54, 1.807) is 24.3 Å². The molecule has 1 heterocycles. The number of nitrogens with one attached hydrogen (secondary N) is 1. The Morgan fingerprint density at radius 1 is 1.00 bits per heavy atom. The van der Waals surface area contributed by atoms with Crippen LogP contribution in [0.25, 0.3) is 21.9 Å². The van der Waals surface area contributed by atoms with Gasteiger partial charge in [0.2, 0.25) is 5.43 Å². The van der Waals surface area contributed by atoms with Crippen molar-refractivity contribution in [2.24, 2.45) is 0 Å². The van der Waals surface area contributed by atoms with Gasteiger partial charge in [-0.25, -0.2) is 0 Å². The Balaban J connectivity index is 1.49. The summed E-state index contributed by atoms with van der Waals surface area (Å²) in [5.41, 5.74) is 3.60. The third-order valence-electron chi connectivity index (χ3n) is 5.27. The first kappa shape index (κ1) is 20.7. The number of carbonyl (C=O) groups excluding carboxylic acids is 1. The number of hydrogen-bond acceptors (Lipinski definition) is 4. The maximum atomic E-state index is 12.8. The topological polar surface area (TPSA) is 68.5 Å². The summed E-state index contributed by atoms with van der Waals surface area (Å²) in [6.07, 6.45) is 0. The van der Waals surface area contributed by atoms with E-state index in [1.165, 1.54) is 5.56 Å². The van der Waals surface area contributed by atoms with E-state index in [2.05, 4.69) is 26.1 Å². The molecule has 4 aromatic rings. The van der Waals surface area contributed by atoms with Gasteiger partial charge in [-0.05, 0) is 53.8 Å². The van der Waals surface area contributed by atoms with Crippen molar-refractivity contribution in [3.63, 3.8) is 0 Å². The van der Waals surface area contributed by atoms with Gasteiger partial charge in [0.25, 0.3) is 5.91 Å². The lowest BCUT2D eigenvalue weighted by atomic mass is 9.87. The number of hydrogen-bond donors (Lipinski definition) is 1. The van der Waals surface area contributed by atoms with Gasteiger partial charge in [-0.2, -0.15) is 0 Å². The summed E-state index contributed by atoms with van der Waals surface area (Å²) in [6.45, 7) is 8.21. The lowest BCUT2D eigenvalue weighted by molar-refractivity contribution is -0.118. The van der Waals surface area contributed by atoms with Gasteiger partial charge in [-0.3, -0.25) is 9.59 Å². The molecule has 0 aliphatic heterocycles. The van der Waals surface area contributed by atoms with Gasteiger partial charge in [-0.15, -0.1) is 0 Å². The first-order valence-electron chi connectivity index (χ1n) is 10.2. The lowest BCUT2D eigenvalue weighted by Crippen LogP contribution is -2.20. The number of rotatable bonds is 4. The molecule has 0 fully saturated rings. The van der Waals surface area contributed by atoms with Crippen LogP contribution in [0.3, 0.4) is 0 Å². The molecule has 1 aromatic heterocycles. The SMILES string of the molecule is Cc1cccc2c(=O)c3ccc(NC(=O)COc4ccc(C(C)(C)C)cc4)cc3oc12. The Bertz CT molecular complexity index is 1330. The minimum atomic E-state index is -0.293. The Morgan fingerprint density at radius 3 is 2.45 bits per heavy atom. The molecule has 0 unspecified atom stereocenters. The van der Waals surface area contributed by atoms with Gasteiger partial charge < -0.3 is 14.5 Å². The Morgan fingerprint density at radius 2 is 1.74 bits per heavy atom. The van der Waals surface area contributed by atoms with Crippen molar-refractivity contribution in [2.75, 3.05) is 11.9 Å². The van der Waals surface area contributed by atoms with Crippen molar-refractivity contribution < 1.29 is 13.9 Å². The summed E-state index contributed by atoms with van der Waals surface area (Å²) < 4.78 is 11.6. The minimum Gasteiger partial charge on any atom is -0.484 e. The third kappa shape index (κ3) is 4.31. The molecule has 1 N–H and O–H groups in total. The zero-order valence-electron chi connectivity index (χ0n) is 18.1. The van der Waals surface area contributed by atoms with Crippen LogP contribution in [0, 0.1) is 6.92 Å². The second-order valence-electron chi connectivity index (χ2n) is 8.70. The molecule has 0 saturated carbocycles. The highest BCUT2D eigenvalue weighted by molar-refractivity contribution is 5.96. The van der Waals surface area contributed by atoms with E-state index < -0.39 is 0 Å². The van der Waals surface area contributed by atoms with Gasteiger partial charge in [0.05, 0.1) is 10.8 Å². The van der Waals surface area contributed by atoms with Crippen LogP contribution in [0.1, 0.15) is 31.9 Å². The highest BCUT2D eigenvalue weighted by atomic mass is 16.5. The molecule has 31 heavy (non-hydrogen) atoms. The molecule has 0 radical (unpaired) electrons. The molecule has 0 aliphatic carbocycles. The Hall–Kier alpha value is -3.60. The fourth-order valence-electron chi connectivity index (χ4n) is 3.49. The zero-order valence-corrected chi connectivity index (χ0v) is 18.1. The van der Waals surface area contributed by atoms with Crippen LogP contribution in [0.5, 0.6) is 5.75 Å². The second kappa shape index (κ2) is 7.91. The number of fused-ring (bicyclic) bond motifs is 2. The number of aryl methyl sites for hydroxylation is 1. The summed E-state index contributed by atoms with van der Waals surface area (Å²) in [6, 6.07) is 18.3. The van der Waals surface area contributed by atoms with Gasteiger partial charge in [-0.1, -0.05) is 45.0 Å². The van der Waals surface area contributed by atoms with Crippen LogP contribution in [0.4, 0.5) is 5.69 Å². The quantitative estimate of drug-likeness (QED) is 0.443. The van der Waals surface area contributed by atoms with Crippen LogP contribution in [-0.4, -0.2) is 12.5 Å². The van der Waals surface area contributed by atoms with Crippen molar-refractivity contribution in [3.05, 3.63) is 82.0 Å². The Labute approximate surface area is 180 Å². The zero-order chi connectivity index (χ0) is 22.2. The van der Waals surface area contributed by atoms with E-state index in [1.807, 2.05) is 43.3 Å². The number of amides is 1. The molecule has 0 aliphatic rings. The van der Waals surface area contributed by atoms with Gasteiger partial charge in [0, 0.05) is 11.8 Å². The number of carbonyl (C=O) groups is 1. The third-order valence-corrected chi connectivity index (χ3v) is 5.27. The predicted octanol–water partition coefficient (Wildman–Crippen LogP) is 5.57. The lowest BCUT2D eigenvalue weighted by Gasteiger charge is -2.19. The van der Waals surface area contributed by atoms with Crippen molar-refractivity contribution >= 4 is 33.5 Å². The van der Waals surface area contributed by atoms with Crippen LogP contribution in [0.15, 0.2) is 69.9 Å². The highest BCUT2D eigenvalue weighted by Crippen LogP contribution is 2.25. The summed E-state index contributed by atoms with van der Waals surface area (Å²) in [5.74, 6) is 0.341. The average molecular weight is 415 g/mol. The maximum absolute atomic E-state index is 12.8. The molecule has 158 valence electrons. The van der Waals surface area contributed by atoms with Gasteiger partial charge >= 0.3 is 0 Å². The highest BCUT2D eigenvalue weighted by Gasteiger charge is 2.14. The Kier molecular flexibility index (Phi) is 5.27. The van der Waals surface area contributed by atoms with E-state index in [4.69, 9.17) is 9.15 Å². The maximum Gasteiger partial charge on any atom is 0.262 e. The van der Waals surface area contributed by atoms with Crippen LogP contribution in [-0.2, 0) is 10.2 Å². The molecule has 4 rings (SSSR count). The van der Waals surface area contributed by atoms with Crippen molar-refractivity contribution in [2.45, 2.75) is 33.1 Å². The minimum absolute atomic E-state index is 0.0604. The molecule has 0 saturated heterocycles. The first-order chi connectivity index (χ1) is 14.7. The van der Waals surface area contributed by atoms with Crippen LogP contribution in [0.2, 0.25) is 0 Å². The molecule has 5 nitrogen and oxygen atoms in total. The fourth-order valence-corrected chi connectivity index (χ4v) is 3.49. The van der Waals surface area contributed by atoms with E-state index in [0.29, 0.717) is 33.4 Å². The average Bonchev–Trinajstić information content (AvgIpc) is 2.73. The predicted molar refractivity (Wildman–Crippen MR) is 124 cm³/mol.